The Bertz CT molecular complexity index is 292. The Kier molecular flexibility index (Phi) is 1.84. The van der Waals surface area contributed by atoms with Crippen LogP contribution < -0.4 is 0 Å². The molecule has 2 heteroatoms. The molecule has 0 saturated heterocycles. The van der Waals surface area contributed by atoms with E-state index < -0.39 is 0 Å². The summed E-state index contributed by atoms with van der Waals surface area (Å²) < 4.78 is 0. The number of nitrogens with zero attached hydrogens (tertiary/aromatic N) is 1. The Morgan fingerprint density at radius 3 is 2.75 bits per heavy atom. The Labute approximate surface area is 77.8 Å². The lowest BCUT2D eigenvalue weighted by Gasteiger charge is -2.38. The van der Waals surface area contributed by atoms with E-state index in [1.165, 1.54) is 19.3 Å². The van der Waals surface area contributed by atoms with Gasteiger partial charge in [0.1, 0.15) is 0 Å². The molecule has 1 aliphatic carbocycles. The molecule has 0 aliphatic heterocycles. The van der Waals surface area contributed by atoms with Crippen molar-refractivity contribution in [3.8, 4) is 0 Å². The SMILES string of the molecule is CC1(c2ncccc2Cl)CCC1. The van der Waals surface area contributed by atoms with Gasteiger partial charge in [-0.3, -0.25) is 4.98 Å². The molecule has 1 saturated carbocycles. The number of hydrogen-bond acceptors (Lipinski definition) is 1. The van der Waals surface area contributed by atoms with Crippen molar-refractivity contribution in [2.75, 3.05) is 0 Å². The molecule has 12 heavy (non-hydrogen) atoms. The highest BCUT2D eigenvalue weighted by Crippen LogP contribution is 2.44. The maximum atomic E-state index is 6.06. The Balaban J connectivity index is 2.39. The van der Waals surface area contributed by atoms with Crippen molar-refractivity contribution in [2.45, 2.75) is 31.6 Å². The minimum Gasteiger partial charge on any atom is -0.259 e. The monoisotopic (exact) mass is 181 g/mol. The molecule has 0 aromatic carbocycles. The van der Waals surface area contributed by atoms with Gasteiger partial charge in [0.05, 0.1) is 10.7 Å². The first kappa shape index (κ1) is 8.06. The summed E-state index contributed by atoms with van der Waals surface area (Å²) in [6.07, 6.45) is 5.58. The minimum absolute atomic E-state index is 0.262. The molecular weight excluding hydrogens is 170 g/mol. The fourth-order valence-electron chi connectivity index (χ4n) is 1.77. The normalized spacial score (nSPS) is 20.2. The van der Waals surface area contributed by atoms with Gasteiger partial charge in [-0.25, -0.2) is 0 Å². The van der Waals surface area contributed by atoms with Gasteiger partial charge in [0.2, 0.25) is 0 Å². The molecule has 1 aromatic rings. The van der Waals surface area contributed by atoms with Crippen molar-refractivity contribution in [3.05, 3.63) is 29.0 Å². The summed E-state index contributed by atoms with van der Waals surface area (Å²) in [4.78, 5) is 4.34. The summed E-state index contributed by atoms with van der Waals surface area (Å²) in [5.74, 6) is 0. The Morgan fingerprint density at radius 1 is 1.50 bits per heavy atom. The molecule has 1 aliphatic rings. The van der Waals surface area contributed by atoms with Crippen LogP contribution in [0, 0.1) is 0 Å². The number of pyridine rings is 1. The van der Waals surface area contributed by atoms with Gasteiger partial charge in [0.25, 0.3) is 0 Å². The molecule has 64 valence electrons. The van der Waals surface area contributed by atoms with Crippen LogP contribution in [0.5, 0.6) is 0 Å². The number of aromatic nitrogens is 1. The maximum Gasteiger partial charge on any atom is 0.0648 e. The quantitative estimate of drug-likeness (QED) is 0.649. The van der Waals surface area contributed by atoms with E-state index in [1.807, 2.05) is 18.3 Å². The van der Waals surface area contributed by atoms with Crippen molar-refractivity contribution >= 4 is 11.6 Å². The fraction of sp³-hybridized carbons (Fsp3) is 0.500. The van der Waals surface area contributed by atoms with Crippen molar-refractivity contribution in [1.29, 1.82) is 0 Å². The van der Waals surface area contributed by atoms with Gasteiger partial charge in [0.15, 0.2) is 0 Å². The van der Waals surface area contributed by atoms with Crippen molar-refractivity contribution in [1.82, 2.24) is 4.98 Å². The summed E-state index contributed by atoms with van der Waals surface area (Å²) in [7, 11) is 0. The smallest absolute Gasteiger partial charge is 0.0648 e. The topological polar surface area (TPSA) is 12.9 Å². The summed E-state index contributed by atoms with van der Waals surface area (Å²) in [6, 6.07) is 3.81. The highest BCUT2D eigenvalue weighted by Gasteiger charge is 2.36. The largest absolute Gasteiger partial charge is 0.259 e. The van der Waals surface area contributed by atoms with Gasteiger partial charge >= 0.3 is 0 Å². The van der Waals surface area contributed by atoms with Crippen LogP contribution in [0.1, 0.15) is 31.9 Å². The average molecular weight is 182 g/mol. The number of halogens is 1. The highest BCUT2D eigenvalue weighted by atomic mass is 35.5. The lowest BCUT2D eigenvalue weighted by atomic mass is 9.68. The van der Waals surface area contributed by atoms with Crippen LogP contribution in [0.3, 0.4) is 0 Å². The molecule has 1 fully saturated rings. The van der Waals surface area contributed by atoms with E-state index in [-0.39, 0.29) is 5.41 Å². The van der Waals surface area contributed by atoms with E-state index in [2.05, 4.69) is 11.9 Å². The first-order valence-electron chi connectivity index (χ1n) is 4.33. The summed E-state index contributed by atoms with van der Waals surface area (Å²) in [5, 5.41) is 0.819. The number of hydrogen-bond donors (Lipinski definition) is 0. The third kappa shape index (κ3) is 1.13. The zero-order chi connectivity index (χ0) is 8.60. The van der Waals surface area contributed by atoms with Crippen LogP contribution in [0.25, 0.3) is 0 Å². The zero-order valence-electron chi connectivity index (χ0n) is 7.18. The van der Waals surface area contributed by atoms with Crippen molar-refractivity contribution < 1.29 is 0 Å². The second-order valence-corrected chi connectivity index (χ2v) is 4.16. The van der Waals surface area contributed by atoms with Gasteiger partial charge in [-0.05, 0) is 25.0 Å². The van der Waals surface area contributed by atoms with Crippen LogP contribution in [-0.2, 0) is 5.41 Å². The lowest BCUT2D eigenvalue weighted by molar-refractivity contribution is 0.264. The van der Waals surface area contributed by atoms with Crippen LogP contribution in [-0.4, -0.2) is 4.98 Å². The Hall–Kier alpha value is -0.560. The molecule has 0 N–H and O–H groups in total. The molecule has 0 amide bonds. The molecule has 0 unspecified atom stereocenters. The maximum absolute atomic E-state index is 6.06. The predicted octanol–water partition coefficient (Wildman–Crippen LogP) is 3.18. The van der Waals surface area contributed by atoms with Gasteiger partial charge in [-0.15, -0.1) is 0 Å². The van der Waals surface area contributed by atoms with Gasteiger partial charge in [-0.2, -0.15) is 0 Å². The van der Waals surface area contributed by atoms with Crippen LogP contribution in [0.4, 0.5) is 0 Å². The highest BCUT2D eigenvalue weighted by molar-refractivity contribution is 6.31. The third-order valence-electron chi connectivity index (χ3n) is 2.79. The van der Waals surface area contributed by atoms with E-state index in [9.17, 15) is 0 Å². The van der Waals surface area contributed by atoms with Crippen molar-refractivity contribution in [3.63, 3.8) is 0 Å². The van der Waals surface area contributed by atoms with Crippen LogP contribution in [0.15, 0.2) is 18.3 Å². The van der Waals surface area contributed by atoms with E-state index >= 15 is 0 Å². The molecule has 0 radical (unpaired) electrons. The van der Waals surface area contributed by atoms with Crippen LogP contribution in [0.2, 0.25) is 5.02 Å². The van der Waals surface area contributed by atoms with Crippen LogP contribution >= 0.6 is 11.6 Å². The molecule has 1 aromatic heterocycles. The zero-order valence-corrected chi connectivity index (χ0v) is 7.93. The second-order valence-electron chi connectivity index (χ2n) is 3.75. The molecule has 0 atom stereocenters. The minimum atomic E-state index is 0.262. The predicted molar refractivity (Wildman–Crippen MR) is 50.5 cm³/mol. The first-order chi connectivity index (χ1) is 5.72. The van der Waals surface area contributed by atoms with E-state index in [0.717, 1.165) is 10.7 Å². The van der Waals surface area contributed by atoms with Gasteiger partial charge < -0.3 is 0 Å². The van der Waals surface area contributed by atoms with Gasteiger partial charge in [0, 0.05) is 11.6 Å². The fourth-order valence-corrected chi connectivity index (χ4v) is 2.12. The first-order valence-corrected chi connectivity index (χ1v) is 4.71. The molecule has 0 spiro atoms. The van der Waals surface area contributed by atoms with E-state index in [1.54, 1.807) is 0 Å². The van der Waals surface area contributed by atoms with Crippen molar-refractivity contribution in [2.24, 2.45) is 0 Å². The molecular formula is C10H12ClN. The van der Waals surface area contributed by atoms with Gasteiger partial charge in [-0.1, -0.05) is 24.9 Å². The average Bonchev–Trinajstić information content (AvgIpc) is 2.01. The summed E-state index contributed by atoms with van der Waals surface area (Å²) in [5.41, 5.74) is 1.34. The standard InChI is InChI=1S/C10H12ClN/c1-10(5-3-6-10)9-8(11)4-2-7-12-9/h2,4,7H,3,5-6H2,1H3. The lowest BCUT2D eigenvalue weighted by Crippen LogP contribution is -2.31. The van der Waals surface area contributed by atoms with E-state index in [4.69, 9.17) is 11.6 Å². The summed E-state index contributed by atoms with van der Waals surface area (Å²) in [6.45, 7) is 2.24. The van der Waals surface area contributed by atoms with E-state index in [0.29, 0.717) is 0 Å². The molecule has 1 heterocycles. The molecule has 2 rings (SSSR count). The second kappa shape index (κ2) is 2.74. The third-order valence-corrected chi connectivity index (χ3v) is 3.09. The molecule has 1 nitrogen and oxygen atoms in total. The Morgan fingerprint density at radius 2 is 2.25 bits per heavy atom. The summed E-state index contributed by atoms with van der Waals surface area (Å²) >= 11 is 6.06. The number of rotatable bonds is 1. The molecule has 0 bridgehead atoms.